The molecular weight excluding hydrogens is 178 g/mol. The summed E-state index contributed by atoms with van der Waals surface area (Å²) in [6.45, 7) is 5.56. The third-order valence-corrected chi connectivity index (χ3v) is 2.78. The van der Waals surface area contributed by atoms with Crippen molar-refractivity contribution in [3.63, 3.8) is 0 Å². The van der Waals surface area contributed by atoms with E-state index >= 15 is 0 Å². The fourth-order valence-corrected chi connectivity index (χ4v) is 1.65. The van der Waals surface area contributed by atoms with Gasteiger partial charge in [0.25, 0.3) is 0 Å². The van der Waals surface area contributed by atoms with Crippen molar-refractivity contribution < 1.29 is 0 Å². The Hall–Kier alpha value is -0.130. The highest BCUT2D eigenvalue weighted by molar-refractivity contribution is 7.99. The molecule has 0 aliphatic heterocycles. The Morgan fingerprint density at radius 1 is 1.54 bits per heavy atom. The SMILES string of the molecule is C#CCSCCNC(C)CCCC. The van der Waals surface area contributed by atoms with Crippen LogP contribution in [-0.2, 0) is 0 Å². The smallest absolute Gasteiger partial charge is 0.0545 e. The number of terminal acetylenes is 1. The molecule has 0 spiro atoms. The first kappa shape index (κ1) is 12.9. The maximum absolute atomic E-state index is 5.15. The summed E-state index contributed by atoms with van der Waals surface area (Å²) in [5, 5.41) is 3.49. The molecule has 76 valence electrons. The zero-order valence-electron chi connectivity index (χ0n) is 8.81. The number of hydrogen-bond acceptors (Lipinski definition) is 2. The zero-order valence-corrected chi connectivity index (χ0v) is 9.62. The van der Waals surface area contributed by atoms with E-state index in [-0.39, 0.29) is 0 Å². The van der Waals surface area contributed by atoms with Crippen molar-refractivity contribution in [1.82, 2.24) is 5.32 Å². The molecule has 1 nitrogen and oxygen atoms in total. The first-order valence-electron chi connectivity index (χ1n) is 5.05. The van der Waals surface area contributed by atoms with Crippen molar-refractivity contribution in [2.45, 2.75) is 39.2 Å². The first-order valence-corrected chi connectivity index (χ1v) is 6.21. The molecule has 0 aromatic rings. The molecule has 0 radical (unpaired) electrons. The standard InChI is InChI=1S/C11H21NS/c1-4-6-7-11(3)12-8-10-13-9-5-2/h2,11-12H,4,6-10H2,1,3H3. The number of hydrogen-bond donors (Lipinski definition) is 1. The predicted octanol–water partition coefficient (Wildman–Crippen LogP) is 2.52. The van der Waals surface area contributed by atoms with Crippen molar-refractivity contribution in [2.24, 2.45) is 0 Å². The van der Waals surface area contributed by atoms with Crippen LogP contribution in [0, 0.1) is 12.3 Å². The van der Waals surface area contributed by atoms with Crippen LogP contribution in [0.5, 0.6) is 0 Å². The molecule has 1 unspecified atom stereocenters. The van der Waals surface area contributed by atoms with Gasteiger partial charge in [0.05, 0.1) is 5.75 Å². The molecule has 13 heavy (non-hydrogen) atoms. The Kier molecular flexibility index (Phi) is 9.85. The van der Waals surface area contributed by atoms with Gasteiger partial charge in [0.15, 0.2) is 0 Å². The van der Waals surface area contributed by atoms with Crippen LogP contribution in [0.4, 0.5) is 0 Å². The Morgan fingerprint density at radius 3 is 2.92 bits per heavy atom. The quantitative estimate of drug-likeness (QED) is 0.476. The number of unbranched alkanes of at least 4 members (excludes halogenated alkanes) is 1. The third kappa shape index (κ3) is 9.79. The van der Waals surface area contributed by atoms with Gasteiger partial charge in [-0.3, -0.25) is 0 Å². The molecule has 0 heterocycles. The molecule has 0 aromatic carbocycles. The van der Waals surface area contributed by atoms with E-state index in [1.165, 1.54) is 19.3 Å². The van der Waals surface area contributed by atoms with Crippen LogP contribution in [0.2, 0.25) is 0 Å². The van der Waals surface area contributed by atoms with Crippen molar-refractivity contribution in [3.8, 4) is 12.3 Å². The fraction of sp³-hybridized carbons (Fsp3) is 0.818. The summed E-state index contributed by atoms with van der Waals surface area (Å²) in [5.74, 6) is 4.59. The van der Waals surface area contributed by atoms with E-state index < -0.39 is 0 Å². The molecule has 2 heteroatoms. The molecule has 1 N–H and O–H groups in total. The minimum Gasteiger partial charge on any atom is -0.313 e. The van der Waals surface area contributed by atoms with Crippen molar-refractivity contribution >= 4 is 11.8 Å². The number of thioether (sulfide) groups is 1. The van der Waals surface area contributed by atoms with E-state index in [0.29, 0.717) is 6.04 Å². The monoisotopic (exact) mass is 199 g/mol. The van der Waals surface area contributed by atoms with Crippen LogP contribution >= 0.6 is 11.8 Å². The van der Waals surface area contributed by atoms with Gasteiger partial charge in [-0.05, 0) is 13.3 Å². The predicted molar refractivity (Wildman–Crippen MR) is 63.1 cm³/mol. The third-order valence-electron chi connectivity index (χ3n) is 1.92. The van der Waals surface area contributed by atoms with Crippen LogP contribution in [-0.4, -0.2) is 24.1 Å². The lowest BCUT2D eigenvalue weighted by molar-refractivity contribution is 0.511. The van der Waals surface area contributed by atoms with E-state index in [9.17, 15) is 0 Å². The van der Waals surface area contributed by atoms with Gasteiger partial charge >= 0.3 is 0 Å². The molecule has 0 saturated carbocycles. The average Bonchev–Trinajstić information content (AvgIpc) is 2.14. The summed E-state index contributed by atoms with van der Waals surface area (Å²) in [6, 6.07) is 0.659. The highest BCUT2D eigenvalue weighted by Crippen LogP contribution is 2.00. The van der Waals surface area contributed by atoms with E-state index in [1.54, 1.807) is 0 Å². The van der Waals surface area contributed by atoms with E-state index in [4.69, 9.17) is 6.42 Å². The lowest BCUT2D eigenvalue weighted by Gasteiger charge is -2.12. The van der Waals surface area contributed by atoms with E-state index in [1.807, 2.05) is 11.8 Å². The highest BCUT2D eigenvalue weighted by Gasteiger charge is 1.98. The molecular formula is C11H21NS. The Morgan fingerprint density at radius 2 is 2.31 bits per heavy atom. The molecule has 1 atom stereocenters. The van der Waals surface area contributed by atoms with Gasteiger partial charge < -0.3 is 5.32 Å². The van der Waals surface area contributed by atoms with E-state index in [0.717, 1.165) is 18.1 Å². The van der Waals surface area contributed by atoms with Crippen molar-refractivity contribution in [3.05, 3.63) is 0 Å². The largest absolute Gasteiger partial charge is 0.313 e. The van der Waals surface area contributed by atoms with Gasteiger partial charge in [-0.15, -0.1) is 18.2 Å². The minimum absolute atomic E-state index is 0.659. The van der Waals surface area contributed by atoms with Crippen LogP contribution in [0.25, 0.3) is 0 Å². The molecule has 0 rings (SSSR count). The summed E-state index contributed by atoms with van der Waals surface area (Å²) in [5.41, 5.74) is 0. The average molecular weight is 199 g/mol. The molecule has 0 aliphatic rings. The number of nitrogens with one attached hydrogen (secondary N) is 1. The van der Waals surface area contributed by atoms with Crippen LogP contribution in [0.3, 0.4) is 0 Å². The second-order valence-corrected chi connectivity index (χ2v) is 4.36. The van der Waals surface area contributed by atoms with Crippen LogP contribution < -0.4 is 5.32 Å². The van der Waals surface area contributed by atoms with Crippen LogP contribution in [0.1, 0.15) is 33.1 Å². The summed E-state index contributed by atoms with van der Waals surface area (Å²) in [4.78, 5) is 0. The van der Waals surface area contributed by atoms with Gasteiger partial charge in [0.1, 0.15) is 0 Å². The van der Waals surface area contributed by atoms with Gasteiger partial charge in [-0.25, -0.2) is 0 Å². The second-order valence-electron chi connectivity index (χ2n) is 3.25. The van der Waals surface area contributed by atoms with E-state index in [2.05, 4.69) is 25.1 Å². The summed E-state index contributed by atoms with van der Waals surface area (Å²) >= 11 is 1.82. The normalized spacial score (nSPS) is 12.4. The summed E-state index contributed by atoms with van der Waals surface area (Å²) in [7, 11) is 0. The van der Waals surface area contributed by atoms with Gasteiger partial charge in [0, 0.05) is 18.3 Å². The van der Waals surface area contributed by atoms with Gasteiger partial charge in [-0.2, -0.15) is 0 Å². The Labute approximate surface area is 87.1 Å². The maximum Gasteiger partial charge on any atom is 0.0545 e. The Bertz CT molecular complexity index is 140. The zero-order chi connectivity index (χ0) is 9.94. The maximum atomic E-state index is 5.15. The van der Waals surface area contributed by atoms with Gasteiger partial charge in [-0.1, -0.05) is 25.7 Å². The lowest BCUT2D eigenvalue weighted by atomic mass is 10.1. The lowest BCUT2D eigenvalue weighted by Crippen LogP contribution is -2.28. The molecule has 0 fully saturated rings. The Balaban J connectivity index is 3.08. The minimum atomic E-state index is 0.659. The fourth-order valence-electron chi connectivity index (χ4n) is 1.12. The molecule has 0 saturated heterocycles. The molecule has 0 amide bonds. The van der Waals surface area contributed by atoms with Gasteiger partial charge in [0.2, 0.25) is 0 Å². The topological polar surface area (TPSA) is 12.0 Å². The summed E-state index contributed by atoms with van der Waals surface area (Å²) in [6.07, 6.45) is 9.05. The number of rotatable bonds is 8. The molecule has 0 aromatic heterocycles. The molecule has 0 aliphatic carbocycles. The van der Waals surface area contributed by atoms with Crippen molar-refractivity contribution in [1.29, 1.82) is 0 Å². The summed E-state index contributed by atoms with van der Waals surface area (Å²) < 4.78 is 0. The van der Waals surface area contributed by atoms with Crippen molar-refractivity contribution in [2.75, 3.05) is 18.1 Å². The second kappa shape index (κ2) is 9.95. The van der Waals surface area contributed by atoms with Crippen LogP contribution in [0.15, 0.2) is 0 Å². The highest BCUT2D eigenvalue weighted by atomic mass is 32.2. The first-order chi connectivity index (χ1) is 6.31. The molecule has 0 bridgehead atoms.